The Hall–Kier alpha value is -1.54. The molecule has 52 heavy (non-hydrogen) atoms. The summed E-state index contributed by atoms with van der Waals surface area (Å²) >= 11 is 0. The summed E-state index contributed by atoms with van der Waals surface area (Å²) in [4.78, 5) is 29.1. The zero-order valence-electron chi connectivity index (χ0n) is 35.1. The van der Waals surface area contributed by atoms with Crippen molar-refractivity contribution in [3.05, 3.63) is 0 Å². The summed E-state index contributed by atoms with van der Waals surface area (Å²) in [6, 6.07) is 0. The summed E-state index contributed by atoms with van der Waals surface area (Å²) in [5, 5.41) is 12.4. The number of unbranched alkanes of at least 4 members (excludes halogenated alkanes) is 25. The molecule has 0 heterocycles. The number of amides is 2. The molecule has 0 aliphatic carbocycles. The van der Waals surface area contributed by atoms with Crippen molar-refractivity contribution in [3.63, 3.8) is 0 Å². The fourth-order valence-electron chi connectivity index (χ4n) is 6.79. The molecule has 0 aliphatic heterocycles. The van der Waals surface area contributed by atoms with Gasteiger partial charge in [-0.15, -0.1) is 0 Å². The quantitative estimate of drug-likeness (QED) is 0.0607. The van der Waals surface area contributed by atoms with Crippen molar-refractivity contribution in [2.75, 3.05) is 59.1 Å². The minimum absolute atomic E-state index is 0.101. The van der Waals surface area contributed by atoms with Crippen LogP contribution in [-0.4, -0.2) is 86.2 Å². The summed E-state index contributed by atoms with van der Waals surface area (Å²) < 4.78 is 11.0. The van der Waals surface area contributed by atoms with E-state index >= 15 is 0 Å². The number of rotatable bonds is 41. The van der Waals surface area contributed by atoms with Crippen LogP contribution >= 0.6 is 0 Å². The van der Waals surface area contributed by atoms with Gasteiger partial charge in [-0.2, -0.15) is 0 Å². The zero-order chi connectivity index (χ0) is 38.0. The number of carbonyl (C=O) groups excluding carboxylic acids is 2. The Morgan fingerprint density at radius 1 is 0.442 bits per heavy atom. The van der Waals surface area contributed by atoms with Gasteiger partial charge in [-0.3, -0.25) is 0 Å². The van der Waals surface area contributed by atoms with Crippen LogP contribution in [0.15, 0.2) is 0 Å². The van der Waals surface area contributed by atoms with E-state index < -0.39 is 0 Å². The summed E-state index contributed by atoms with van der Waals surface area (Å²) in [5.74, 6) is 0. The highest BCUT2D eigenvalue weighted by Crippen LogP contribution is 2.12. The lowest BCUT2D eigenvalue weighted by Crippen LogP contribution is -2.33. The number of hydrogen-bond acceptors (Lipinski definition) is 6. The monoisotopic (exact) mass is 740 g/mol. The Labute approximate surface area is 323 Å². The highest BCUT2D eigenvalue weighted by molar-refractivity contribution is 5.67. The molecule has 0 aliphatic rings. The van der Waals surface area contributed by atoms with Crippen molar-refractivity contribution in [2.24, 2.45) is 0 Å². The first kappa shape index (κ1) is 50.5. The standard InChI is InChI=1S/C44H89N3O5/c1-4-7-10-13-23-30-37-47(38-31-24-14-11-8-5-2)44(50)52-42-33-26-19-18-22-29-36-46(39-40-48)35-28-21-17-16-20-27-34-45-43(49)51-41-32-25-15-12-9-6-3/h48H,4-42H2,1-3H3,(H,45,49). The van der Waals surface area contributed by atoms with Crippen LogP contribution in [0.2, 0.25) is 0 Å². The molecule has 0 saturated heterocycles. The van der Waals surface area contributed by atoms with Crippen molar-refractivity contribution in [1.82, 2.24) is 15.1 Å². The van der Waals surface area contributed by atoms with Crippen LogP contribution in [0.1, 0.15) is 213 Å². The van der Waals surface area contributed by atoms with Crippen LogP contribution in [0, 0.1) is 0 Å². The van der Waals surface area contributed by atoms with Crippen molar-refractivity contribution in [1.29, 1.82) is 0 Å². The molecule has 8 nitrogen and oxygen atoms in total. The Kier molecular flexibility index (Phi) is 41.0. The molecule has 0 aromatic heterocycles. The first-order valence-electron chi connectivity index (χ1n) is 22.7. The Bertz CT molecular complexity index is 725. The number of hydrogen-bond donors (Lipinski definition) is 2. The van der Waals surface area contributed by atoms with E-state index in [1.165, 1.54) is 141 Å². The molecule has 2 N–H and O–H groups in total. The Morgan fingerprint density at radius 2 is 0.808 bits per heavy atom. The van der Waals surface area contributed by atoms with Crippen LogP contribution in [0.5, 0.6) is 0 Å². The van der Waals surface area contributed by atoms with Crippen LogP contribution in [0.25, 0.3) is 0 Å². The Balaban J connectivity index is 3.87. The van der Waals surface area contributed by atoms with Gasteiger partial charge in [-0.05, 0) is 58.0 Å². The van der Waals surface area contributed by atoms with E-state index in [2.05, 4.69) is 31.0 Å². The minimum Gasteiger partial charge on any atom is -0.450 e. The number of aliphatic hydroxyl groups excluding tert-OH is 1. The second-order valence-corrected chi connectivity index (χ2v) is 15.3. The van der Waals surface area contributed by atoms with Crippen molar-refractivity contribution >= 4 is 12.2 Å². The van der Waals surface area contributed by atoms with E-state index in [9.17, 15) is 14.7 Å². The maximum atomic E-state index is 12.9. The molecule has 0 aromatic rings. The van der Waals surface area contributed by atoms with E-state index in [0.717, 1.165) is 84.1 Å². The van der Waals surface area contributed by atoms with Crippen LogP contribution in [0.4, 0.5) is 9.59 Å². The maximum absolute atomic E-state index is 12.9. The van der Waals surface area contributed by atoms with Gasteiger partial charge in [-0.1, -0.05) is 168 Å². The van der Waals surface area contributed by atoms with Crippen molar-refractivity contribution < 1.29 is 24.2 Å². The Morgan fingerprint density at radius 3 is 1.25 bits per heavy atom. The van der Waals surface area contributed by atoms with Crippen molar-refractivity contribution in [2.45, 2.75) is 213 Å². The molecule has 0 bridgehead atoms. The molecule has 2 amide bonds. The van der Waals surface area contributed by atoms with Gasteiger partial charge in [0.25, 0.3) is 0 Å². The number of alkyl carbamates (subject to hydrolysis) is 1. The molecule has 0 saturated carbocycles. The number of nitrogens with one attached hydrogen (secondary N) is 1. The molecule has 8 heteroatoms. The van der Waals surface area contributed by atoms with E-state index in [-0.39, 0.29) is 18.8 Å². The zero-order valence-corrected chi connectivity index (χ0v) is 35.1. The predicted octanol–water partition coefficient (Wildman–Crippen LogP) is 12.2. The largest absolute Gasteiger partial charge is 0.450 e. The maximum Gasteiger partial charge on any atom is 0.409 e. The van der Waals surface area contributed by atoms with Crippen LogP contribution in [-0.2, 0) is 9.47 Å². The first-order valence-corrected chi connectivity index (χ1v) is 22.7. The smallest absolute Gasteiger partial charge is 0.409 e. The number of aliphatic hydroxyl groups is 1. The van der Waals surface area contributed by atoms with Gasteiger partial charge in [0, 0.05) is 26.2 Å². The lowest BCUT2D eigenvalue weighted by Gasteiger charge is -2.22. The highest BCUT2D eigenvalue weighted by atomic mass is 16.6. The summed E-state index contributed by atoms with van der Waals surface area (Å²) in [6.07, 6.45) is 35.5. The topological polar surface area (TPSA) is 91.3 Å². The second-order valence-electron chi connectivity index (χ2n) is 15.3. The third kappa shape index (κ3) is 36.8. The lowest BCUT2D eigenvalue weighted by atomic mass is 10.1. The van der Waals surface area contributed by atoms with Crippen LogP contribution in [0.3, 0.4) is 0 Å². The minimum atomic E-state index is -0.269. The van der Waals surface area contributed by atoms with Gasteiger partial charge in [0.2, 0.25) is 0 Å². The molecule has 0 rings (SSSR count). The lowest BCUT2D eigenvalue weighted by molar-refractivity contribution is 0.0989. The fourth-order valence-corrected chi connectivity index (χ4v) is 6.79. The third-order valence-corrected chi connectivity index (χ3v) is 10.2. The van der Waals surface area contributed by atoms with Gasteiger partial charge in [0.1, 0.15) is 0 Å². The number of nitrogens with zero attached hydrogens (tertiary/aromatic N) is 2. The first-order chi connectivity index (χ1) is 25.6. The SMILES string of the molecule is CCCCCCCCOC(=O)NCCCCCCCCN(CCO)CCCCCCCCOC(=O)N(CCCCCCCC)CCCCCCCC. The average molecular weight is 740 g/mol. The molecule has 310 valence electrons. The molecule has 0 unspecified atom stereocenters. The summed E-state index contributed by atoms with van der Waals surface area (Å²) in [6.45, 7) is 13.3. The van der Waals surface area contributed by atoms with Gasteiger partial charge in [-0.25, -0.2) is 9.59 Å². The normalized spacial score (nSPS) is 11.3. The molecular weight excluding hydrogens is 650 g/mol. The second kappa shape index (κ2) is 42.2. The van der Waals surface area contributed by atoms with E-state index in [0.29, 0.717) is 19.8 Å². The molecule has 0 atom stereocenters. The van der Waals surface area contributed by atoms with E-state index in [1.54, 1.807) is 0 Å². The molecule has 0 aromatic carbocycles. The summed E-state index contributed by atoms with van der Waals surface area (Å²) in [5.41, 5.74) is 0. The van der Waals surface area contributed by atoms with Crippen LogP contribution < -0.4 is 5.32 Å². The predicted molar refractivity (Wildman–Crippen MR) is 221 cm³/mol. The molecule has 0 radical (unpaired) electrons. The molecular formula is C44H89N3O5. The number of carbonyl (C=O) groups is 2. The van der Waals surface area contributed by atoms with E-state index in [4.69, 9.17) is 9.47 Å². The molecule has 0 fully saturated rings. The van der Waals surface area contributed by atoms with E-state index in [1.807, 2.05) is 4.90 Å². The highest BCUT2D eigenvalue weighted by Gasteiger charge is 2.14. The molecule has 0 spiro atoms. The van der Waals surface area contributed by atoms with Gasteiger partial charge in [0.05, 0.1) is 19.8 Å². The van der Waals surface area contributed by atoms with Gasteiger partial charge < -0.3 is 29.7 Å². The third-order valence-electron chi connectivity index (χ3n) is 10.2. The fraction of sp³-hybridized carbons (Fsp3) is 0.955. The van der Waals surface area contributed by atoms with Gasteiger partial charge in [0.15, 0.2) is 0 Å². The van der Waals surface area contributed by atoms with Crippen molar-refractivity contribution in [3.8, 4) is 0 Å². The van der Waals surface area contributed by atoms with Gasteiger partial charge >= 0.3 is 12.2 Å². The number of ether oxygens (including phenoxy) is 2. The average Bonchev–Trinajstić information content (AvgIpc) is 3.14. The summed E-state index contributed by atoms with van der Waals surface area (Å²) in [7, 11) is 0.